The Morgan fingerprint density at radius 1 is 1.19 bits per heavy atom. The lowest BCUT2D eigenvalue weighted by Crippen LogP contribution is -2.38. The highest BCUT2D eigenvalue weighted by molar-refractivity contribution is 5.95. The van der Waals surface area contributed by atoms with Gasteiger partial charge in [0.1, 0.15) is 0 Å². The third-order valence-corrected chi connectivity index (χ3v) is 5.11. The molecule has 6 heteroatoms. The van der Waals surface area contributed by atoms with E-state index in [0.717, 1.165) is 37.3 Å². The summed E-state index contributed by atoms with van der Waals surface area (Å²) in [5.41, 5.74) is 3.73. The van der Waals surface area contributed by atoms with E-state index in [0.29, 0.717) is 5.56 Å². The molecule has 3 heterocycles. The predicted octanol–water partition coefficient (Wildman–Crippen LogP) is 2.99. The Balaban J connectivity index is 1.57. The maximum absolute atomic E-state index is 13.1. The molecule has 0 aliphatic carbocycles. The van der Waals surface area contributed by atoms with Crippen LogP contribution in [0.1, 0.15) is 34.5 Å². The Bertz CT molecular complexity index is 895. The first kappa shape index (κ1) is 16.6. The average molecular weight is 349 g/mol. The number of amides is 1. The van der Waals surface area contributed by atoms with E-state index in [-0.39, 0.29) is 11.9 Å². The van der Waals surface area contributed by atoms with Gasteiger partial charge in [-0.05, 0) is 44.9 Å². The first-order valence-electron chi connectivity index (χ1n) is 9.03. The zero-order chi connectivity index (χ0) is 18.1. The molecule has 0 unspecified atom stereocenters. The van der Waals surface area contributed by atoms with Gasteiger partial charge in [-0.1, -0.05) is 17.7 Å². The quantitative estimate of drug-likeness (QED) is 0.728. The van der Waals surface area contributed by atoms with Crippen molar-refractivity contribution in [1.82, 2.24) is 24.5 Å². The third kappa shape index (κ3) is 3.03. The predicted molar refractivity (Wildman–Crippen MR) is 99.3 cm³/mol. The van der Waals surface area contributed by atoms with Crippen LogP contribution in [0.3, 0.4) is 0 Å². The van der Waals surface area contributed by atoms with Gasteiger partial charge in [-0.3, -0.25) is 9.48 Å². The van der Waals surface area contributed by atoms with E-state index in [1.165, 1.54) is 5.56 Å². The van der Waals surface area contributed by atoms with Crippen molar-refractivity contribution < 1.29 is 4.79 Å². The lowest BCUT2D eigenvalue weighted by Gasteiger charge is -2.24. The number of likely N-dealkylation sites (tertiary alicyclic amines) is 1. The lowest BCUT2D eigenvalue weighted by molar-refractivity contribution is 0.0721. The van der Waals surface area contributed by atoms with Crippen LogP contribution in [-0.4, -0.2) is 43.0 Å². The van der Waals surface area contributed by atoms with Crippen LogP contribution in [0.4, 0.5) is 0 Å². The van der Waals surface area contributed by atoms with Gasteiger partial charge >= 0.3 is 0 Å². The summed E-state index contributed by atoms with van der Waals surface area (Å²) in [5, 5.41) is 8.74. The number of benzene rings is 1. The molecule has 26 heavy (non-hydrogen) atoms. The standard InChI is InChI=1S/C20H23N5O/c1-15-6-8-17(9-7-15)25-16(2)19(13-22-25)20(26)24-12-3-5-18(24)14-23-11-4-10-21-23/h4,6-11,13,18H,3,5,12,14H2,1-2H3/t18-/m1/s1. The lowest BCUT2D eigenvalue weighted by atomic mass is 10.2. The minimum absolute atomic E-state index is 0.0653. The highest BCUT2D eigenvalue weighted by atomic mass is 16.2. The van der Waals surface area contributed by atoms with Crippen molar-refractivity contribution in [3.63, 3.8) is 0 Å². The number of hydrogen-bond donors (Lipinski definition) is 0. The second-order valence-corrected chi connectivity index (χ2v) is 6.91. The van der Waals surface area contributed by atoms with Gasteiger partial charge in [0.15, 0.2) is 0 Å². The fourth-order valence-electron chi connectivity index (χ4n) is 3.64. The Kier molecular flexibility index (Phi) is 4.32. The summed E-state index contributed by atoms with van der Waals surface area (Å²) < 4.78 is 3.74. The molecule has 0 radical (unpaired) electrons. The molecule has 1 amide bonds. The summed E-state index contributed by atoms with van der Waals surface area (Å²) >= 11 is 0. The van der Waals surface area contributed by atoms with Gasteiger partial charge in [0, 0.05) is 18.9 Å². The smallest absolute Gasteiger partial charge is 0.257 e. The van der Waals surface area contributed by atoms with Crippen LogP contribution in [0.15, 0.2) is 48.9 Å². The van der Waals surface area contributed by atoms with Gasteiger partial charge in [0.25, 0.3) is 5.91 Å². The maximum Gasteiger partial charge on any atom is 0.257 e. The second-order valence-electron chi connectivity index (χ2n) is 6.91. The molecule has 1 aromatic carbocycles. The Morgan fingerprint density at radius 2 is 2.00 bits per heavy atom. The third-order valence-electron chi connectivity index (χ3n) is 5.11. The van der Waals surface area contributed by atoms with Gasteiger partial charge in [-0.15, -0.1) is 0 Å². The number of rotatable bonds is 4. The number of aryl methyl sites for hydroxylation is 1. The van der Waals surface area contributed by atoms with Gasteiger partial charge in [-0.2, -0.15) is 10.2 Å². The molecule has 0 saturated carbocycles. The molecule has 2 aromatic heterocycles. The van der Waals surface area contributed by atoms with Crippen LogP contribution in [0.5, 0.6) is 0 Å². The van der Waals surface area contributed by atoms with Gasteiger partial charge in [0.2, 0.25) is 0 Å². The molecular weight excluding hydrogens is 326 g/mol. The van der Waals surface area contributed by atoms with E-state index in [1.807, 2.05) is 45.6 Å². The number of carbonyl (C=O) groups excluding carboxylic acids is 1. The largest absolute Gasteiger partial charge is 0.334 e. The molecule has 3 aromatic rings. The highest BCUT2D eigenvalue weighted by Crippen LogP contribution is 2.23. The van der Waals surface area contributed by atoms with Crippen molar-refractivity contribution in [2.45, 2.75) is 39.3 Å². The molecule has 0 N–H and O–H groups in total. The summed E-state index contributed by atoms with van der Waals surface area (Å²) in [6, 6.07) is 10.3. The van der Waals surface area contributed by atoms with E-state index in [2.05, 4.69) is 29.3 Å². The molecular formula is C20H23N5O. The first-order chi connectivity index (χ1) is 12.6. The van der Waals surface area contributed by atoms with Crippen LogP contribution in [0.2, 0.25) is 0 Å². The molecule has 1 aliphatic rings. The monoisotopic (exact) mass is 349 g/mol. The number of hydrogen-bond acceptors (Lipinski definition) is 3. The summed E-state index contributed by atoms with van der Waals surface area (Å²) in [7, 11) is 0. The number of carbonyl (C=O) groups is 1. The van der Waals surface area contributed by atoms with Gasteiger partial charge in [0.05, 0.1) is 35.7 Å². The van der Waals surface area contributed by atoms with Crippen LogP contribution < -0.4 is 0 Å². The van der Waals surface area contributed by atoms with Gasteiger partial charge in [-0.25, -0.2) is 4.68 Å². The molecule has 1 fully saturated rings. The van der Waals surface area contributed by atoms with Crippen molar-refractivity contribution in [3.8, 4) is 5.69 Å². The zero-order valence-electron chi connectivity index (χ0n) is 15.2. The Morgan fingerprint density at radius 3 is 2.73 bits per heavy atom. The van der Waals surface area contributed by atoms with Crippen LogP contribution in [0, 0.1) is 13.8 Å². The fraction of sp³-hybridized carbons (Fsp3) is 0.350. The van der Waals surface area contributed by atoms with E-state index in [1.54, 1.807) is 12.4 Å². The van der Waals surface area contributed by atoms with Crippen LogP contribution in [0.25, 0.3) is 5.69 Å². The summed E-state index contributed by atoms with van der Waals surface area (Å²) in [6.45, 7) is 5.55. The molecule has 134 valence electrons. The van der Waals surface area contributed by atoms with Crippen molar-refractivity contribution >= 4 is 5.91 Å². The molecule has 0 bridgehead atoms. The Hall–Kier alpha value is -2.89. The zero-order valence-corrected chi connectivity index (χ0v) is 15.2. The second kappa shape index (κ2) is 6.78. The van der Waals surface area contributed by atoms with Gasteiger partial charge < -0.3 is 4.90 Å². The summed E-state index contributed by atoms with van der Waals surface area (Å²) in [4.78, 5) is 15.1. The van der Waals surface area contributed by atoms with E-state index < -0.39 is 0 Å². The minimum atomic E-state index is 0.0653. The molecule has 1 saturated heterocycles. The minimum Gasteiger partial charge on any atom is -0.334 e. The maximum atomic E-state index is 13.1. The van der Waals surface area contributed by atoms with Crippen molar-refractivity contribution in [2.24, 2.45) is 0 Å². The molecule has 1 aliphatic heterocycles. The number of nitrogens with zero attached hydrogens (tertiary/aromatic N) is 5. The van der Waals surface area contributed by atoms with Crippen molar-refractivity contribution in [1.29, 1.82) is 0 Å². The van der Waals surface area contributed by atoms with Crippen molar-refractivity contribution in [3.05, 3.63) is 65.7 Å². The van der Waals surface area contributed by atoms with E-state index in [9.17, 15) is 4.79 Å². The topological polar surface area (TPSA) is 56.0 Å². The van der Waals surface area contributed by atoms with Crippen molar-refractivity contribution in [2.75, 3.05) is 6.54 Å². The molecule has 4 rings (SSSR count). The van der Waals surface area contributed by atoms with E-state index >= 15 is 0 Å². The normalized spacial score (nSPS) is 17.0. The molecule has 6 nitrogen and oxygen atoms in total. The van der Waals surface area contributed by atoms with E-state index in [4.69, 9.17) is 0 Å². The Labute approximate surface area is 153 Å². The number of aromatic nitrogens is 4. The van der Waals surface area contributed by atoms with Crippen LogP contribution >= 0.6 is 0 Å². The highest BCUT2D eigenvalue weighted by Gasteiger charge is 2.31. The van der Waals surface area contributed by atoms with Crippen LogP contribution in [-0.2, 0) is 6.54 Å². The summed E-state index contributed by atoms with van der Waals surface area (Å²) in [6.07, 6.45) is 7.46. The molecule has 1 atom stereocenters. The first-order valence-corrected chi connectivity index (χ1v) is 9.03. The SMILES string of the molecule is Cc1ccc(-n2ncc(C(=O)N3CCC[C@@H]3Cn3cccn3)c2C)cc1. The fourth-order valence-corrected chi connectivity index (χ4v) is 3.64. The molecule has 0 spiro atoms. The average Bonchev–Trinajstić information content (AvgIpc) is 3.37. The summed E-state index contributed by atoms with van der Waals surface area (Å²) in [5.74, 6) is 0.0653.